The summed E-state index contributed by atoms with van der Waals surface area (Å²) in [6.45, 7) is 3.22. The van der Waals surface area contributed by atoms with Gasteiger partial charge in [0.1, 0.15) is 5.69 Å². The molecule has 0 atom stereocenters. The van der Waals surface area contributed by atoms with Crippen LogP contribution in [0.1, 0.15) is 32.8 Å². The zero-order valence-electron chi connectivity index (χ0n) is 9.93. The zero-order chi connectivity index (χ0) is 13.1. The summed E-state index contributed by atoms with van der Waals surface area (Å²) < 4.78 is 0. The van der Waals surface area contributed by atoms with E-state index in [4.69, 9.17) is 0 Å². The van der Waals surface area contributed by atoms with Crippen molar-refractivity contribution < 1.29 is 9.59 Å². The van der Waals surface area contributed by atoms with Gasteiger partial charge in [-0.3, -0.25) is 19.9 Å². The van der Waals surface area contributed by atoms with E-state index >= 15 is 0 Å². The van der Waals surface area contributed by atoms with Crippen molar-refractivity contribution in [1.82, 2.24) is 9.97 Å². The van der Waals surface area contributed by atoms with E-state index in [1.165, 1.54) is 18.3 Å². The molecule has 0 fully saturated rings. The van der Waals surface area contributed by atoms with Gasteiger partial charge in [-0.1, -0.05) is 17.4 Å². The van der Waals surface area contributed by atoms with Crippen molar-refractivity contribution in [3.63, 3.8) is 0 Å². The van der Waals surface area contributed by atoms with E-state index in [0.717, 1.165) is 0 Å². The molecule has 0 saturated heterocycles. The first-order chi connectivity index (χ1) is 8.58. The van der Waals surface area contributed by atoms with Crippen LogP contribution in [0.4, 0.5) is 5.13 Å². The average molecular weight is 261 g/mol. The lowest BCUT2D eigenvalue weighted by Gasteiger charge is -1.99. The third-order valence-electron chi connectivity index (χ3n) is 2.23. The number of pyridine rings is 1. The van der Waals surface area contributed by atoms with Gasteiger partial charge >= 0.3 is 0 Å². The van der Waals surface area contributed by atoms with E-state index in [9.17, 15) is 9.59 Å². The molecule has 0 saturated carbocycles. The number of nitrogens with one attached hydrogen (secondary N) is 1. The van der Waals surface area contributed by atoms with Crippen LogP contribution in [0.15, 0.2) is 24.4 Å². The number of anilines is 1. The third-order valence-corrected chi connectivity index (χ3v) is 3.41. The summed E-state index contributed by atoms with van der Waals surface area (Å²) in [5.74, 6) is -0.386. The first-order valence-electron chi connectivity index (χ1n) is 5.28. The number of aryl methyl sites for hydroxylation is 1. The summed E-state index contributed by atoms with van der Waals surface area (Å²) in [5.41, 5.74) is 0.943. The summed E-state index contributed by atoms with van der Waals surface area (Å²) in [7, 11) is 0. The predicted octanol–water partition coefficient (Wildman–Crippen LogP) is 2.30. The molecule has 92 valence electrons. The molecule has 0 radical (unpaired) electrons. The molecule has 0 aliphatic heterocycles. The molecule has 6 heteroatoms. The highest BCUT2D eigenvalue weighted by atomic mass is 32.1. The Morgan fingerprint density at radius 1 is 1.33 bits per heavy atom. The first kappa shape index (κ1) is 12.4. The molecule has 0 aromatic carbocycles. The number of nitrogens with zero attached hydrogens (tertiary/aromatic N) is 2. The van der Waals surface area contributed by atoms with Gasteiger partial charge in [0.05, 0.1) is 10.6 Å². The lowest BCUT2D eigenvalue weighted by atomic mass is 10.3. The third kappa shape index (κ3) is 2.60. The predicted molar refractivity (Wildman–Crippen MR) is 69.0 cm³/mol. The van der Waals surface area contributed by atoms with Crippen LogP contribution < -0.4 is 5.32 Å². The number of aromatic nitrogens is 2. The Morgan fingerprint density at radius 2 is 2.11 bits per heavy atom. The fourth-order valence-electron chi connectivity index (χ4n) is 1.43. The first-order valence-corrected chi connectivity index (χ1v) is 6.10. The van der Waals surface area contributed by atoms with Gasteiger partial charge in [0.15, 0.2) is 10.9 Å². The Morgan fingerprint density at radius 3 is 2.67 bits per heavy atom. The molecule has 2 heterocycles. The van der Waals surface area contributed by atoms with Crippen LogP contribution in [0.2, 0.25) is 0 Å². The Labute approximate surface area is 108 Å². The molecule has 0 aliphatic carbocycles. The average Bonchev–Trinajstić information content (AvgIpc) is 2.71. The van der Waals surface area contributed by atoms with Crippen LogP contribution in [-0.4, -0.2) is 21.7 Å². The van der Waals surface area contributed by atoms with E-state index in [-0.39, 0.29) is 11.7 Å². The number of thiazole rings is 1. The second-order valence-corrected chi connectivity index (χ2v) is 4.66. The molecule has 18 heavy (non-hydrogen) atoms. The number of carbonyl (C=O) groups excluding carboxylic acids is 2. The Kier molecular flexibility index (Phi) is 3.47. The van der Waals surface area contributed by atoms with Gasteiger partial charge in [-0.15, -0.1) is 0 Å². The maximum atomic E-state index is 11.8. The minimum atomic E-state index is -0.334. The Hall–Kier alpha value is -2.08. The van der Waals surface area contributed by atoms with Crippen molar-refractivity contribution in [3.05, 3.63) is 40.7 Å². The molecule has 1 N–H and O–H groups in total. The van der Waals surface area contributed by atoms with Crippen LogP contribution in [-0.2, 0) is 0 Å². The Bertz CT molecular complexity index is 593. The van der Waals surface area contributed by atoms with E-state index < -0.39 is 0 Å². The van der Waals surface area contributed by atoms with Crippen molar-refractivity contribution in [2.45, 2.75) is 13.8 Å². The maximum Gasteiger partial charge on any atom is 0.276 e. The summed E-state index contributed by atoms with van der Waals surface area (Å²) in [6.07, 6.45) is 1.54. The molecule has 0 bridgehead atoms. The monoisotopic (exact) mass is 261 g/mol. The smallest absolute Gasteiger partial charge is 0.276 e. The van der Waals surface area contributed by atoms with Crippen molar-refractivity contribution in [3.8, 4) is 0 Å². The lowest BCUT2D eigenvalue weighted by molar-refractivity contribution is 0.101. The highest BCUT2D eigenvalue weighted by Gasteiger charge is 2.14. The fourth-order valence-corrected chi connectivity index (χ4v) is 2.29. The number of carbonyl (C=O) groups is 2. The molecule has 5 nitrogen and oxygen atoms in total. The molecular formula is C12H11N3O2S. The van der Waals surface area contributed by atoms with Gasteiger partial charge < -0.3 is 0 Å². The molecule has 0 spiro atoms. The fraction of sp³-hybridized carbons (Fsp3) is 0.167. The summed E-state index contributed by atoms with van der Waals surface area (Å²) in [6, 6.07) is 5.08. The number of Topliss-reactive ketones (excluding diaryl/α,β-unsaturated/α-hetero) is 1. The lowest BCUT2D eigenvalue weighted by Crippen LogP contribution is -2.13. The largest absolute Gasteiger partial charge is 0.296 e. The highest BCUT2D eigenvalue weighted by Crippen LogP contribution is 2.23. The van der Waals surface area contributed by atoms with E-state index in [1.807, 2.05) is 0 Å². The van der Waals surface area contributed by atoms with Gasteiger partial charge in [-0.25, -0.2) is 4.98 Å². The number of hydrogen-bond donors (Lipinski definition) is 1. The summed E-state index contributed by atoms with van der Waals surface area (Å²) >= 11 is 1.17. The zero-order valence-corrected chi connectivity index (χ0v) is 10.7. The number of ketones is 1. The number of rotatable bonds is 3. The molecule has 2 aromatic rings. The quantitative estimate of drug-likeness (QED) is 0.860. The minimum absolute atomic E-state index is 0.0525. The second-order valence-electron chi connectivity index (χ2n) is 3.66. The normalized spacial score (nSPS) is 10.1. The van der Waals surface area contributed by atoms with Gasteiger partial charge in [-0.05, 0) is 19.1 Å². The molecule has 0 aliphatic rings. The standard InChI is InChI=1S/C12H11N3O2S/c1-7-10(8(2)16)18-12(14-7)15-11(17)9-5-3-4-6-13-9/h3-6H,1-2H3,(H,14,15,17). The summed E-state index contributed by atoms with van der Waals surface area (Å²) in [5, 5.41) is 3.04. The summed E-state index contributed by atoms with van der Waals surface area (Å²) in [4.78, 5) is 31.7. The van der Waals surface area contributed by atoms with Crippen molar-refractivity contribution >= 4 is 28.2 Å². The molecule has 1 amide bonds. The minimum Gasteiger partial charge on any atom is -0.296 e. The second kappa shape index (κ2) is 5.05. The van der Waals surface area contributed by atoms with Crippen LogP contribution in [0.25, 0.3) is 0 Å². The van der Waals surface area contributed by atoms with Gasteiger partial charge in [0.2, 0.25) is 0 Å². The number of hydrogen-bond acceptors (Lipinski definition) is 5. The SMILES string of the molecule is CC(=O)c1sc(NC(=O)c2ccccn2)nc1C. The van der Waals surface area contributed by atoms with Crippen LogP contribution in [0.3, 0.4) is 0 Å². The van der Waals surface area contributed by atoms with Gasteiger partial charge in [0, 0.05) is 13.1 Å². The molecule has 2 aromatic heterocycles. The van der Waals surface area contributed by atoms with Crippen molar-refractivity contribution in [2.24, 2.45) is 0 Å². The highest BCUT2D eigenvalue weighted by molar-refractivity contribution is 7.17. The van der Waals surface area contributed by atoms with Crippen LogP contribution in [0, 0.1) is 6.92 Å². The number of amides is 1. The van der Waals surface area contributed by atoms with E-state index in [1.54, 1.807) is 31.3 Å². The van der Waals surface area contributed by atoms with Gasteiger partial charge in [-0.2, -0.15) is 0 Å². The molecular weight excluding hydrogens is 250 g/mol. The topological polar surface area (TPSA) is 72.0 Å². The van der Waals surface area contributed by atoms with Crippen LogP contribution in [0.5, 0.6) is 0 Å². The van der Waals surface area contributed by atoms with Crippen LogP contribution >= 0.6 is 11.3 Å². The van der Waals surface area contributed by atoms with E-state index in [2.05, 4.69) is 15.3 Å². The van der Waals surface area contributed by atoms with Gasteiger partial charge in [0.25, 0.3) is 5.91 Å². The molecule has 2 rings (SSSR count). The molecule has 0 unspecified atom stereocenters. The van der Waals surface area contributed by atoms with Crippen molar-refractivity contribution in [2.75, 3.05) is 5.32 Å². The van der Waals surface area contributed by atoms with Crippen molar-refractivity contribution in [1.29, 1.82) is 0 Å². The van der Waals surface area contributed by atoms with E-state index in [0.29, 0.717) is 21.4 Å². The Balaban J connectivity index is 2.18. The maximum absolute atomic E-state index is 11.8.